The Morgan fingerprint density at radius 2 is 1.93 bits per heavy atom. The standard InChI is InChI=1S/C31H36N8O4/c1-5-14-38-29(41)24-19-33-30(35-25-11-10-22(18-26(25)43-4)37-15-12-20(32-3)13-16-37)36-28(24)39(31(38)42)23-9-7-8-21(17-23)34-27(40)6-2/h6-11,17-20,32H,2,5,12-16H2,1,3-4H3,(H,34,40)(H,33,35,36). The number of nitrogens with one attached hydrogen (secondary N) is 3. The Hall–Kier alpha value is -4.97. The molecular formula is C31H36N8O4. The molecule has 12 nitrogen and oxygen atoms in total. The number of aromatic nitrogens is 4. The number of piperidine rings is 1. The number of hydrogen-bond acceptors (Lipinski definition) is 9. The molecule has 0 unspecified atom stereocenters. The van der Waals surface area contributed by atoms with Crippen LogP contribution in [0.3, 0.4) is 0 Å². The van der Waals surface area contributed by atoms with E-state index in [1.807, 2.05) is 32.2 Å². The third-order valence-electron chi connectivity index (χ3n) is 7.58. The van der Waals surface area contributed by atoms with Gasteiger partial charge in [0.1, 0.15) is 11.1 Å². The quantitative estimate of drug-likeness (QED) is 0.240. The topological polar surface area (TPSA) is 135 Å². The monoisotopic (exact) mass is 584 g/mol. The molecule has 1 aliphatic rings. The van der Waals surface area contributed by atoms with Gasteiger partial charge in [-0.15, -0.1) is 0 Å². The molecule has 224 valence electrons. The Morgan fingerprint density at radius 3 is 2.63 bits per heavy atom. The number of hydrogen-bond donors (Lipinski definition) is 3. The fourth-order valence-corrected chi connectivity index (χ4v) is 5.29. The fraction of sp³-hybridized carbons (Fsp3) is 0.323. The Balaban J connectivity index is 1.55. The van der Waals surface area contributed by atoms with Crippen molar-refractivity contribution in [3.8, 4) is 11.4 Å². The van der Waals surface area contributed by atoms with Gasteiger partial charge in [-0.3, -0.25) is 14.2 Å². The summed E-state index contributed by atoms with van der Waals surface area (Å²) in [4.78, 5) is 50.3. The zero-order valence-corrected chi connectivity index (χ0v) is 24.6. The number of benzene rings is 2. The van der Waals surface area contributed by atoms with E-state index in [0.717, 1.165) is 37.7 Å². The fourth-order valence-electron chi connectivity index (χ4n) is 5.29. The molecule has 43 heavy (non-hydrogen) atoms. The zero-order chi connectivity index (χ0) is 30.5. The second-order valence-electron chi connectivity index (χ2n) is 10.3. The molecule has 1 aliphatic heterocycles. The minimum absolute atomic E-state index is 0.134. The first-order chi connectivity index (χ1) is 20.9. The van der Waals surface area contributed by atoms with Crippen molar-refractivity contribution in [2.45, 2.75) is 38.8 Å². The van der Waals surface area contributed by atoms with E-state index in [-0.39, 0.29) is 29.4 Å². The average molecular weight is 585 g/mol. The molecular weight excluding hydrogens is 548 g/mol. The van der Waals surface area contributed by atoms with Crippen LogP contribution in [-0.2, 0) is 11.3 Å². The van der Waals surface area contributed by atoms with Gasteiger partial charge in [0.15, 0.2) is 5.65 Å². The molecule has 3 heterocycles. The van der Waals surface area contributed by atoms with Crippen LogP contribution in [0.15, 0.2) is 70.9 Å². The van der Waals surface area contributed by atoms with E-state index in [0.29, 0.717) is 35.3 Å². The molecule has 2 aromatic heterocycles. The van der Waals surface area contributed by atoms with Gasteiger partial charge in [-0.25, -0.2) is 14.3 Å². The summed E-state index contributed by atoms with van der Waals surface area (Å²) in [5.74, 6) is 0.408. The van der Waals surface area contributed by atoms with Crippen LogP contribution in [0.2, 0.25) is 0 Å². The first-order valence-corrected chi connectivity index (χ1v) is 14.3. The van der Waals surface area contributed by atoms with Crippen LogP contribution in [0.25, 0.3) is 16.7 Å². The molecule has 1 saturated heterocycles. The summed E-state index contributed by atoms with van der Waals surface area (Å²) in [5.41, 5.74) is 1.71. The average Bonchev–Trinajstić information content (AvgIpc) is 3.03. The lowest BCUT2D eigenvalue weighted by Gasteiger charge is -2.33. The molecule has 1 amide bonds. The van der Waals surface area contributed by atoms with Gasteiger partial charge >= 0.3 is 5.69 Å². The van der Waals surface area contributed by atoms with E-state index in [4.69, 9.17) is 4.74 Å². The molecule has 0 radical (unpaired) electrons. The lowest BCUT2D eigenvalue weighted by atomic mass is 10.0. The van der Waals surface area contributed by atoms with Crippen LogP contribution in [0.4, 0.5) is 23.0 Å². The van der Waals surface area contributed by atoms with E-state index in [2.05, 4.69) is 37.4 Å². The van der Waals surface area contributed by atoms with Crippen LogP contribution in [0.5, 0.6) is 5.75 Å². The van der Waals surface area contributed by atoms with Crippen molar-refractivity contribution in [2.75, 3.05) is 42.8 Å². The summed E-state index contributed by atoms with van der Waals surface area (Å²) < 4.78 is 8.23. The number of amides is 1. The number of anilines is 4. The molecule has 1 fully saturated rings. The minimum atomic E-state index is -0.542. The van der Waals surface area contributed by atoms with Crippen LogP contribution < -0.4 is 36.8 Å². The number of carbonyl (C=O) groups is 1. The summed E-state index contributed by atoms with van der Waals surface area (Å²) in [6.45, 7) is 7.49. The predicted molar refractivity (Wildman–Crippen MR) is 169 cm³/mol. The summed E-state index contributed by atoms with van der Waals surface area (Å²) in [6.07, 6.45) is 5.29. The number of methoxy groups -OCH3 is 1. The van der Waals surface area contributed by atoms with Gasteiger partial charge in [0.25, 0.3) is 5.56 Å². The molecule has 5 rings (SSSR count). The highest BCUT2D eigenvalue weighted by Gasteiger charge is 2.20. The van der Waals surface area contributed by atoms with Crippen molar-refractivity contribution in [3.05, 3.63) is 82.2 Å². The van der Waals surface area contributed by atoms with Crippen molar-refractivity contribution in [1.82, 2.24) is 24.4 Å². The minimum Gasteiger partial charge on any atom is -0.494 e. The number of carbonyl (C=O) groups excluding carboxylic acids is 1. The Labute approximate surface area is 249 Å². The molecule has 0 aliphatic carbocycles. The van der Waals surface area contributed by atoms with Crippen molar-refractivity contribution >= 4 is 40.0 Å². The Morgan fingerprint density at radius 1 is 1.14 bits per heavy atom. The van der Waals surface area contributed by atoms with Crippen LogP contribution in [0, 0.1) is 0 Å². The van der Waals surface area contributed by atoms with E-state index in [9.17, 15) is 14.4 Å². The van der Waals surface area contributed by atoms with Gasteiger partial charge in [0, 0.05) is 49.3 Å². The summed E-state index contributed by atoms with van der Waals surface area (Å²) >= 11 is 0. The molecule has 12 heteroatoms. The van der Waals surface area contributed by atoms with Crippen molar-refractivity contribution in [1.29, 1.82) is 0 Å². The van der Waals surface area contributed by atoms with Crippen LogP contribution >= 0.6 is 0 Å². The normalized spacial score (nSPS) is 13.6. The number of nitrogens with zero attached hydrogens (tertiary/aromatic N) is 5. The highest BCUT2D eigenvalue weighted by atomic mass is 16.5. The van der Waals surface area contributed by atoms with Gasteiger partial charge in [-0.2, -0.15) is 4.98 Å². The lowest BCUT2D eigenvalue weighted by Crippen LogP contribution is -2.41. The maximum atomic E-state index is 13.7. The maximum absolute atomic E-state index is 13.7. The first-order valence-electron chi connectivity index (χ1n) is 14.3. The summed E-state index contributed by atoms with van der Waals surface area (Å²) in [6, 6.07) is 13.2. The largest absolute Gasteiger partial charge is 0.494 e. The lowest BCUT2D eigenvalue weighted by molar-refractivity contribution is -0.111. The number of ether oxygens (including phenoxy) is 1. The third-order valence-corrected chi connectivity index (χ3v) is 7.58. The number of fused-ring (bicyclic) bond motifs is 1. The van der Waals surface area contributed by atoms with E-state index >= 15 is 0 Å². The van der Waals surface area contributed by atoms with Gasteiger partial charge in [-0.05, 0) is 62.7 Å². The summed E-state index contributed by atoms with van der Waals surface area (Å²) in [5, 5.41) is 9.44. The second-order valence-corrected chi connectivity index (χ2v) is 10.3. The third kappa shape index (κ3) is 6.14. The van der Waals surface area contributed by atoms with Gasteiger partial charge in [-0.1, -0.05) is 19.6 Å². The first kappa shape index (κ1) is 29.5. The smallest absolute Gasteiger partial charge is 0.337 e. The van der Waals surface area contributed by atoms with Crippen molar-refractivity contribution < 1.29 is 9.53 Å². The Kier molecular flexibility index (Phi) is 8.86. The molecule has 4 aromatic rings. The molecule has 3 N–H and O–H groups in total. The molecule has 2 aromatic carbocycles. The van der Waals surface area contributed by atoms with Gasteiger partial charge in [0.2, 0.25) is 11.9 Å². The molecule has 0 bridgehead atoms. The summed E-state index contributed by atoms with van der Waals surface area (Å²) in [7, 11) is 3.60. The highest BCUT2D eigenvalue weighted by Crippen LogP contribution is 2.32. The molecule has 0 atom stereocenters. The second kappa shape index (κ2) is 12.9. The van der Waals surface area contributed by atoms with Crippen LogP contribution in [0.1, 0.15) is 26.2 Å². The van der Waals surface area contributed by atoms with Crippen LogP contribution in [-0.4, -0.2) is 58.3 Å². The molecule has 0 spiro atoms. The molecule has 0 saturated carbocycles. The van der Waals surface area contributed by atoms with Crippen molar-refractivity contribution in [2.24, 2.45) is 0 Å². The SMILES string of the molecule is C=CC(=O)Nc1cccc(-n2c(=O)n(CCC)c(=O)c3cnc(Nc4ccc(N5CCC(NC)CC5)cc4OC)nc32)c1. The van der Waals surface area contributed by atoms with E-state index < -0.39 is 11.2 Å². The van der Waals surface area contributed by atoms with E-state index in [1.54, 1.807) is 31.4 Å². The van der Waals surface area contributed by atoms with Crippen molar-refractivity contribution in [3.63, 3.8) is 0 Å². The Bertz CT molecular complexity index is 1770. The predicted octanol–water partition coefficient (Wildman–Crippen LogP) is 3.42. The van der Waals surface area contributed by atoms with Gasteiger partial charge < -0.3 is 25.6 Å². The zero-order valence-electron chi connectivity index (χ0n) is 24.6. The maximum Gasteiger partial charge on any atom is 0.337 e. The van der Waals surface area contributed by atoms with E-state index in [1.165, 1.54) is 15.3 Å². The number of rotatable bonds is 10. The van der Waals surface area contributed by atoms with Gasteiger partial charge in [0.05, 0.1) is 18.5 Å². The highest BCUT2D eigenvalue weighted by molar-refractivity contribution is 5.99.